The predicted octanol–water partition coefficient (Wildman–Crippen LogP) is 3.49. The van der Waals surface area contributed by atoms with E-state index in [4.69, 9.17) is 0 Å². The largest absolute Gasteiger partial charge is 0.395 e. The van der Waals surface area contributed by atoms with Gasteiger partial charge in [0.1, 0.15) is 5.78 Å². The van der Waals surface area contributed by atoms with Gasteiger partial charge in [-0.2, -0.15) is 0 Å². The maximum atomic E-state index is 12.2. The Labute approximate surface area is 145 Å². The molecule has 134 valence electrons. The van der Waals surface area contributed by atoms with Crippen molar-refractivity contribution < 1.29 is 15.0 Å². The third-order valence-electron chi connectivity index (χ3n) is 8.57. The molecule has 3 nitrogen and oxygen atoms in total. The van der Waals surface area contributed by atoms with Crippen LogP contribution in [-0.4, -0.2) is 28.7 Å². The normalized spacial score (nSPS) is 50.5. The number of aliphatic hydroxyl groups is 2. The van der Waals surface area contributed by atoms with Crippen molar-refractivity contribution in [1.29, 1.82) is 0 Å². The maximum Gasteiger partial charge on any atom is 0.133 e. The molecule has 0 bridgehead atoms. The van der Waals surface area contributed by atoms with E-state index in [1.165, 1.54) is 12.0 Å². The lowest BCUT2D eigenvalue weighted by Gasteiger charge is -2.58. The van der Waals surface area contributed by atoms with Crippen LogP contribution in [0.4, 0.5) is 0 Å². The minimum atomic E-state index is -0.227. The monoisotopic (exact) mass is 332 g/mol. The lowest BCUT2D eigenvalue weighted by molar-refractivity contribution is -0.128. The summed E-state index contributed by atoms with van der Waals surface area (Å²) in [5.74, 6) is 2.39. The molecule has 0 aromatic carbocycles. The van der Waals surface area contributed by atoms with Gasteiger partial charge in [-0.25, -0.2) is 0 Å². The van der Waals surface area contributed by atoms with Crippen LogP contribution in [-0.2, 0) is 4.79 Å². The summed E-state index contributed by atoms with van der Waals surface area (Å²) in [5, 5.41) is 20.5. The molecule has 0 amide bonds. The first-order valence-corrected chi connectivity index (χ1v) is 9.91. The van der Waals surface area contributed by atoms with Crippen molar-refractivity contribution in [3.05, 3.63) is 11.6 Å². The zero-order valence-electron chi connectivity index (χ0n) is 15.1. The fraction of sp³-hybridized carbons (Fsp3) is 0.857. The van der Waals surface area contributed by atoms with Gasteiger partial charge in [0.25, 0.3) is 0 Å². The molecule has 0 spiro atoms. The first kappa shape index (κ1) is 16.8. The second kappa shape index (κ2) is 5.67. The molecular formula is C21H32O3. The lowest BCUT2D eigenvalue weighted by Crippen LogP contribution is -2.53. The van der Waals surface area contributed by atoms with E-state index in [-0.39, 0.29) is 29.5 Å². The number of rotatable bonds is 2. The smallest absolute Gasteiger partial charge is 0.133 e. The zero-order valence-corrected chi connectivity index (χ0v) is 15.1. The van der Waals surface area contributed by atoms with Crippen LogP contribution in [0.15, 0.2) is 11.6 Å². The molecule has 3 saturated carbocycles. The van der Waals surface area contributed by atoms with Gasteiger partial charge in [-0.1, -0.05) is 18.6 Å². The molecule has 24 heavy (non-hydrogen) atoms. The Balaban J connectivity index is 1.68. The van der Waals surface area contributed by atoms with Crippen molar-refractivity contribution in [3.8, 4) is 0 Å². The van der Waals surface area contributed by atoms with Crippen molar-refractivity contribution in [2.24, 2.45) is 34.5 Å². The SMILES string of the molecule is CC(=O)[C@H]1CC[C@H]2[C@@H]3CC=C4CC(O)CC[C@]4(CO)[C@H]3CC[C@]12C. The Morgan fingerprint density at radius 2 is 2.00 bits per heavy atom. The van der Waals surface area contributed by atoms with Crippen LogP contribution in [0.3, 0.4) is 0 Å². The summed E-state index contributed by atoms with van der Waals surface area (Å²) in [7, 11) is 0. The molecule has 2 N–H and O–H groups in total. The van der Waals surface area contributed by atoms with Crippen molar-refractivity contribution in [2.75, 3.05) is 6.61 Å². The van der Waals surface area contributed by atoms with Crippen LogP contribution in [0.1, 0.15) is 65.2 Å². The van der Waals surface area contributed by atoms with Gasteiger partial charge in [-0.15, -0.1) is 0 Å². The highest BCUT2D eigenvalue weighted by Gasteiger charge is 2.60. The maximum absolute atomic E-state index is 12.2. The molecule has 0 aromatic rings. The summed E-state index contributed by atoms with van der Waals surface area (Å²) in [6.45, 7) is 4.37. The number of allylic oxidation sites excluding steroid dienone is 1. The Morgan fingerprint density at radius 1 is 1.21 bits per heavy atom. The molecule has 0 radical (unpaired) electrons. The summed E-state index contributed by atoms with van der Waals surface area (Å²) < 4.78 is 0. The highest BCUT2D eigenvalue weighted by atomic mass is 16.3. The van der Waals surface area contributed by atoms with E-state index in [1.807, 2.05) is 0 Å². The number of ketones is 1. The number of carbonyl (C=O) groups excluding carboxylic acids is 1. The quantitative estimate of drug-likeness (QED) is 0.761. The molecule has 0 aromatic heterocycles. The summed E-state index contributed by atoms with van der Waals surface area (Å²) in [6, 6.07) is 0. The molecule has 1 unspecified atom stereocenters. The molecule has 0 aliphatic heterocycles. The van der Waals surface area contributed by atoms with E-state index in [9.17, 15) is 15.0 Å². The average Bonchev–Trinajstić information content (AvgIpc) is 2.91. The number of Topliss-reactive ketones (excluding diaryl/α,β-unsaturated/α-hetero) is 1. The molecule has 3 heteroatoms. The fourth-order valence-electron chi connectivity index (χ4n) is 7.40. The Bertz CT molecular complexity index is 567. The zero-order chi connectivity index (χ0) is 17.1. The molecule has 0 heterocycles. The van der Waals surface area contributed by atoms with E-state index < -0.39 is 0 Å². The standard InChI is InChI=1S/C21H32O3/c1-13(23)17-5-6-18-16-4-3-14-11-15(24)7-10-21(14,12-22)19(16)8-9-20(17,18)2/h3,15-19,22,24H,4-12H2,1-2H3/t15?,16-,17+,18-,19-,20+,21+/m0/s1. The minimum Gasteiger partial charge on any atom is -0.395 e. The molecule has 3 fully saturated rings. The van der Waals surface area contributed by atoms with Crippen molar-refractivity contribution in [3.63, 3.8) is 0 Å². The second-order valence-electron chi connectivity index (χ2n) is 9.34. The Morgan fingerprint density at radius 3 is 2.71 bits per heavy atom. The van der Waals surface area contributed by atoms with E-state index in [0.29, 0.717) is 23.5 Å². The summed E-state index contributed by atoms with van der Waals surface area (Å²) in [6.07, 6.45) is 10.2. The van der Waals surface area contributed by atoms with Crippen LogP contribution < -0.4 is 0 Å². The van der Waals surface area contributed by atoms with Crippen LogP contribution >= 0.6 is 0 Å². The second-order valence-corrected chi connectivity index (χ2v) is 9.34. The summed E-state index contributed by atoms with van der Waals surface area (Å²) >= 11 is 0. The van der Waals surface area contributed by atoms with Crippen molar-refractivity contribution >= 4 is 5.78 Å². The first-order valence-electron chi connectivity index (χ1n) is 9.91. The Hall–Kier alpha value is -0.670. The van der Waals surface area contributed by atoms with Gasteiger partial charge in [0.15, 0.2) is 0 Å². The van der Waals surface area contributed by atoms with Gasteiger partial charge in [0.05, 0.1) is 12.7 Å². The van der Waals surface area contributed by atoms with Crippen molar-refractivity contribution in [1.82, 2.24) is 0 Å². The minimum absolute atomic E-state index is 0.0855. The number of hydrogen-bond donors (Lipinski definition) is 2. The average molecular weight is 332 g/mol. The van der Waals surface area contributed by atoms with E-state index in [1.54, 1.807) is 6.92 Å². The lowest BCUT2D eigenvalue weighted by atomic mass is 9.47. The van der Waals surface area contributed by atoms with Crippen LogP contribution in [0.2, 0.25) is 0 Å². The highest BCUT2D eigenvalue weighted by Crippen LogP contribution is 2.66. The van der Waals surface area contributed by atoms with E-state index in [2.05, 4.69) is 13.0 Å². The molecular weight excluding hydrogens is 300 g/mol. The molecule has 4 aliphatic carbocycles. The number of carbonyl (C=O) groups is 1. The summed E-state index contributed by atoms with van der Waals surface area (Å²) in [5.41, 5.74) is 1.41. The molecule has 4 aliphatic rings. The number of aliphatic hydroxyl groups excluding tert-OH is 2. The van der Waals surface area contributed by atoms with Crippen LogP contribution in [0.25, 0.3) is 0 Å². The third-order valence-corrected chi connectivity index (χ3v) is 8.57. The first-order chi connectivity index (χ1) is 11.4. The van der Waals surface area contributed by atoms with E-state index >= 15 is 0 Å². The topological polar surface area (TPSA) is 57.5 Å². The number of fused-ring (bicyclic) bond motifs is 5. The van der Waals surface area contributed by atoms with Gasteiger partial charge in [0, 0.05) is 11.3 Å². The molecule has 0 saturated heterocycles. The van der Waals surface area contributed by atoms with Gasteiger partial charge in [0.2, 0.25) is 0 Å². The van der Waals surface area contributed by atoms with E-state index in [0.717, 1.165) is 44.9 Å². The van der Waals surface area contributed by atoms with Crippen LogP contribution in [0, 0.1) is 34.5 Å². The fourth-order valence-corrected chi connectivity index (χ4v) is 7.40. The predicted molar refractivity (Wildman–Crippen MR) is 93.3 cm³/mol. The van der Waals surface area contributed by atoms with Gasteiger partial charge in [-0.05, 0) is 81.5 Å². The molecule has 7 atom stereocenters. The van der Waals surface area contributed by atoms with Crippen LogP contribution in [0.5, 0.6) is 0 Å². The van der Waals surface area contributed by atoms with Crippen molar-refractivity contribution in [2.45, 2.75) is 71.3 Å². The number of hydrogen-bond acceptors (Lipinski definition) is 3. The van der Waals surface area contributed by atoms with Gasteiger partial charge < -0.3 is 10.2 Å². The highest BCUT2D eigenvalue weighted by molar-refractivity contribution is 5.79. The molecule has 4 rings (SSSR count). The summed E-state index contributed by atoms with van der Waals surface area (Å²) in [4.78, 5) is 12.2. The third kappa shape index (κ3) is 2.13. The Kier molecular flexibility index (Phi) is 3.96. The van der Waals surface area contributed by atoms with Gasteiger partial charge >= 0.3 is 0 Å². The van der Waals surface area contributed by atoms with Gasteiger partial charge in [-0.3, -0.25) is 4.79 Å².